The highest BCUT2D eigenvalue weighted by atomic mass is 16.3. The highest BCUT2D eigenvalue weighted by Crippen LogP contribution is 2.17. The van der Waals surface area contributed by atoms with Crippen molar-refractivity contribution in [2.45, 2.75) is 52.2 Å². The van der Waals surface area contributed by atoms with Crippen molar-refractivity contribution in [2.24, 2.45) is 5.92 Å². The van der Waals surface area contributed by atoms with Gasteiger partial charge in [0.25, 0.3) is 0 Å². The van der Waals surface area contributed by atoms with Crippen molar-refractivity contribution in [2.75, 3.05) is 13.1 Å². The zero-order valence-electron chi connectivity index (χ0n) is 9.16. The Balaban J connectivity index is 2.22. The van der Waals surface area contributed by atoms with Crippen molar-refractivity contribution in [1.29, 1.82) is 0 Å². The lowest BCUT2D eigenvalue weighted by atomic mass is 10.1. The number of likely N-dealkylation sites (tertiary alicyclic amines) is 1. The number of hydrogen-bond acceptors (Lipinski definition) is 2. The standard InChI is InChI=1S/C11H23NO/c1-9(2)7-11(13)8-12-6-4-5-10(12)3/h9-11,13H,4-8H2,1-3H3. The van der Waals surface area contributed by atoms with E-state index < -0.39 is 0 Å². The molecule has 13 heavy (non-hydrogen) atoms. The third-order valence-corrected chi connectivity index (χ3v) is 2.88. The summed E-state index contributed by atoms with van der Waals surface area (Å²) < 4.78 is 0. The Morgan fingerprint density at radius 2 is 2.15 bits per heavy atom. The first kappa shape index (κ1) is 11.0. The van der Waals surface area contributed by atoms with Crippen LogP contribution in [0.1, 0.15) is 40.0 Å². The van der Waals surface area contributed by atoms with E-state index in [-0.39, 0.29) is 6.10 Å². The summed E-state index contributed by atoms with van der Waals surface area (Å²) in [4.78, 5) is 2.41. The second-order valence-corrected chi connectivity index (χ2v) is 4.77. The third kappa shape index (κ3) is 3.65. The lowest BCUT2D eigenvalue weighted by molar-refractivity contribution is 0.0921. The number of aliphatic hydroxyl groups is 1. The van der Waals surface area contributed by atoms with Gasteiger partial charge in [0.2, 0.25) is 0 Å². The summed E-state index contributed by atoms with van der Waals surface area (Å²) in [5, 5.41) is 9.76. The van der Waals surface area contributed by atoms with Crippen LogP contribution in [0.25, 0.3) is 0 Å². The second-order valence-electron chi connectivity index (χ2n) is 4.77. The number of rotatable bonds is 4. The minimum atomic E-state index is -0.124. The van der Waals surface area contributed by atoms with Crippen LogP contribution in [0.3, 0.4) is 0 Å². The van der Waals surface area contributed by atoms with Crippen LogP contribution in [0.15, 0.2) is 0 Å². The first-order valence-corrected chi connectivity index (χ1v) is 5.51. The quantitative estimate of drug-likeness (QED) is 0.723. The predicted octanol–water partition coefficient (Wildman–Crippen LogP) is 1.88. The monoisotopic (exact) mass is 185 g/mol. The molecule has 1 aliphatic heterocycles. The van der Waals surface area contributed by atoms with Crippen molar-refractivity contribution in [3.05, 3.63) is 0 Å². The zero-order valence-corrected chi connectivity index (χ0v) is 9.16. The maximum absolute atomic E-state index is 9.76. The maximum Gasteiger partial charge on any atom is 0.0669 e. The van der Waals surface area contributed by atoms with Crippen molar-refractivity contribution < 1.29 is 5.11 Å². The van der Waals surface area contributed by atoms with E-state index in [9.17, 15) is 5.11 Å². The number of hydrogen-bond donors (Lipinski definition) is 1. The maximum atomic E-state index is 9.76. The lowest BCUT2D eigenvalue weighted by Gasteiger charge is -2.24. The largest absolute Gasteiger partial charge is 0.392 e. The van der Waals surface area contributed by atoms with Crippen molar-refractivity contribution in [3.8, 4) is 0 Å². The topological polar surface area (TPSA) is 23.5 Å². The van der Waals surface area contributed by atoms with Gasteiger partial charge in [-0.3, -0.25) is 4.90 Å². The van der Waals surface area contributed by atoms with Crippen molar-refractivity contribution >= 4 is 0 Å². The third-order valence-electron chi connectivity index (χ3n) is 2.88. The van der Waals surface area contributed by atoms with Gasteiger partial charge in [0.15, 0.2) is 0 Å². The predicted molar refractivity (Wildman–Crippen MR) is 55.7 cm³/mol. The van der Waals surface area contributed by atoms with Gasteiger partial charge >= 0.3 is 0 Å². The van der Waals surface area contributed by atoms with E-state index in [2.05, 4.69) is 25.7 Å². The summed E-state index contributed by atoms with van der Waals surface area (Å²) in [7, 11) is 0. The van der Waals surface area contributed by atoms with E-state index in [4.69, 9.17) is 0 Å². The molecule has 1 saturated heterocycles. The fraction of sp³-hybridized carbons (Fsp3) is 1.00. The van der Waals surface area contributed by atoms with Gasteiger partial charge in [-0.1, -0.05) is 13.8 Å². The first-order chi connectivity index (χ1) is 6.09. The molecule has 1 N–H and O–H groups in total. The molecule has 1 aliphatic rings. The summed E-state index contributed by atoms with van der Waals surface area (Å²) in [6.45, 7) is 8.64. The number of aliphatic hydroxyl groups excluding tert-OH is 1. The van der Waals surface area contributed by atoms with Gasteiger partial charge in [-0.25, -0.2) is 0 Å². The van der Waals surface area contributed by atoms with Gasteiger partial charge in [0.1, 0.15) is 0 Å². The fourth-order valence-electron chi connectivity index (χ4n) is 2.15. The Labute approximate surface area is 81.9 Å². The summed E-state index contributed by atoms with van der Waals surface area (Å²) in [5.41, 5.74) is 0. The van der Waals surface area contributed by atoms with Gasteiger partial charge in [0, 0.05) is 12.6 Å². The highest BCUT2D eigenvalue weighted by molar-refractivity contribution is 4.77. The van der Waals surface area contributed by atoms with Crippen LogP contribution < -0.4 is 0 Å². The molecular weight excluding hydrogens is 162 g/mol. The van der Waals surface area contributed by atoms with Gasteiger partial charge in [-0.05, 0) is 38.6 Å². The summed E-state index contributed by atoms with van der Waals surface area (Å²) in [6, 6.07) is 0.682. The average Bonchev–Trinajstić information content (AvgIpc) is 2.34. The van der Waals surface area contributed by atoms with Crippen LogP contribution >= 0.6 is 0 Å². The molecule has 0 spiro atoms. The molecule has 0 aromatic carbocycles. The van der Waals surface area contributed by atoms with Crippen molar-refractivity contribution in [3.63, 3.8) is 0 Å². The van der Waals surface area contributed by atoms with E-state index >= 15 is 0 Å². The average molecular weight is 185 g/mol. The molecular formula is C11H23NO. The molecule has 2 nitrogen and oxygen atoms in total. The first-order valence-electron chi connectivity index (χ1n) is 5.51. The lowest BCUT2D eigenvalue weighted by Crippen LogP contribution is -2.35. The summed E-state index contributed by atoms with van der Waals surface area (Å²) in [6.07, 6.45) is 3.41. The van der Waals surface area contributed by atoms with Crippen LogP contribution in [0.4, 0.5) is 0 Å². The molecule has 2 heteroatoms. The smallest absolute Gasteiger partial charge is 0.0669 e. The van der Waals surface area contributed by atoms with E-state index in [1.165, 1.54) is 19.4 Å². The molecule has 2 unspecified atom stereocenters. The molecule has 1 fully saturated rings. The molecule has 0 radical (unpaired) electrons. The molecule has 0 aromatic rings. The molecule has 1 heterocycles. The second kappa shape index (κ2) is 4.97. The minimum absolute atomic E-state index is 0.124. The molecule has 0 amide bonds. The number of nitrogens with zero attached hydrogens (tertiary/aromatic N) is 1. The highest BCUT2D eigenvalue weighted by Gasteiger charge is 2.22. The van der Waals surface area contributed by atoms with Crippen LogP contribution in [0.2, 0.25) is 0 Å². The summed E-state index contributed by atoms with van der Waals surface area (Å²) in [5.74, 6) is 0.605. The van der Waals surface area contributed by atoms with Gasteiger partial charge < -0.3 is 5.11 Å². The Morgan fingerprint density at radius 1 is 1.46 bits per heavy atom. The molecule has 2 atom stereocenters. The molecule has 1 rings (SSSR count). The minimum Gasteiger partial charge on any atom is -0.392 e. The van der Waals surface area contributed by atoms with Crippen LogP contribution in [-0.2, 0) is 0 Å². The molecule has 78 valence electrons. The molecule has 0 saturated carbocycles. The Hall–Kier alpha value is -0.0800. The van der Waals surface area contributed by atoms with Gasteiger partial charge in [0.05, 0.1) is 6.10 Å². The summed E-state index contributed by atoms with van der Waals surface area (Å²) >= 11 is 0. The van der Waals surface area contributed by atoms with Crippen LogP contribution in [0, 0.1) is 5.92 Å². The van der Waals surface area contributed by atoms with E-state index in [0.717, 1.165) is 13.0 Å². The Kier molecular flexibility index (Phi) is 4.20. The molecule has 0 bridgehead atoms. The zero-order chi connectivity index (χ0) is 9.84. The SMILES string of the molecule is CC(C)CC(O)CN1CCCC1C. The van der Waals surface area contributed by atoms with E-state index in [0.29, 0.717) is 12.0 Å². The Bertz CT molecular complexity index is 147. The van der Waals surface area contributed by atoms with Gasteiger partial charge in [-0.15, -0.1) is 0 Å². The van der Waals surface area contributed by atoms with Crippen LogP contribution in [0.5, 0.6) is 0 Å². The van der Waals surface area contributed by atoms with Gasteiger partial charge in [-0.2, -0.15) is 0 Å². The Morgan fingerprint density at radius 3 is 2.62 bits per heavy atom. The van der Waals surface area contributed by atoms with E-state index in [1.54, 1.807) is 0 Å². The normalized spacial score (nSPS) is 27.0. The molecule has 0 aliphatic carbocycles. The fourth-order valence-corrected chi connectivity index (χ4v) is 2.15. The molecule has 0 aromatic heterocycles. The van der Waals surface area contributed by atoms with Crippen molar-refractivity contribution in [1.82, 2.24) is 4.90 Å². The number of β-amino-alcohol motifs (C(OH)–C–C–N with tert-alkyl or cyclic N) is 1. The van der Waals surface area contributed by atoms with E-state index in [1.807, 2.05) is 0 Å². The van der Waals surface area contributed by atoms with Crippen LogP contribution in [-0.4, -0.2) is 35.2 Å².